The van der Waals surface area contributed by atoms with Crippen LogP contribution in [0, 0.1) is 5.92 Å². The molecule has 0 spiro atoms. The maximum absolute atomic E-state index is 12.8. The molecule has 0 radical (unpaired) electrons. The monoisotopic (exact) mass is 414 g/mol. The summed E-state index contributed by atoms with van der Waals surface area (Å²) >= 11 is 0. The molecule has 1 saturated heterocycles. The second kappa shape index (κ2) is 11.8. The van der Waals surface area contributed by atoms with Crippen molar-refractivity contribution in [1.29, 1.82) is 0 Å². The quantitative estimate of drug-likeness (QED) is 0.348. The van der Waals surface area contributed by atoms with E-state index in [1.54, 1.807) is 6.20 Å². The number of esters is 1. The Labute approximate surface area is 179 Å². The molecule has 2 heterocycles. The van der Waals surface area contributed by atoms with Gasteiger partial charge in [-0.05, 0) is 69.4 Å². The maximum atomic E-state index is 12.8. The van der Waals surface area contributed by atoms with Gasteiger partial charge in [-0.1, -0.05) is 25.3 Å². The van der Waals surface area contributed by atoms with E-state index in [-0.39, 0.29) is 17.7 Å². The number of ether oxygens (including phenoxy) is 1. The van der Waals surface area contributed by atoms with Gasteiger partial charge in [0.2, 0.25) is 5.78 Å². The summed E-state index contributed by atoms with van der Waals surface area (Å²) < 4.78 is 5.48. The summed E-state index contributed by atoms with van der Waals surface area (Å²) in [6.45, 7) is 0.836. The lowest BCUT2D eigenvalue weighted by atomic mass is 9.85. The molecule has 6 nitrogen and oxygen atoms in total. The molecule has 2 aliphatic rings. The number of carbonyl (C=O) groups is 3. The third-order valence-corrected chi connectivity index (χ3v) is 6.30. The van der Waals surface area contributed by atoms with Gasteiger partial charge < -0.3 is 9.64 Å². The van der Waals surface area contributed by atoms with E-state index in [1.807, 2.05) is 12.3 Å². The molecule has 30 heavy (non-hydrogen) atoms. The van der Waals surface area contributed by atoms with E-state index in [2.05, 4.69) is 11.1 Å². The highest BCUT2D eigenvalue weighted by Gasteiger charge is 2.38. The van der Waals surface area contributed by atoms with Crippen molar-refractivity contribution in [1.82, 2.24) is 9.88 Å². The number of nitrogens with zero attached hydrogens (tertiary/aromatic N) is 2. The summed E-state index contributed by atoms with van der Waals surface area (Å²) in [4.78, 5) is 43.7. The van der Waals surface area contributed by atoms with E-state index >= 15 is 0 Å². The highest BCUT2D eigenvalue weighted by Crippen LogP contribution is 2.26. The fourth-order valence-electron chi connectivity index (χ4n) is 4.52. The Hall–Kier alpha value is -2.24. The topological polar surface area (TPSA) is 76.6 Å². The number of carbonyl (C=O) groups excluding carboxylic acids is 3. The summed E-state index contributed by atoms with van der Waals surface area (Å²) in [5.41, 5.74) is 1.22. The van der Waals surface area contributed by atoms with Crippen LogP contribution in [0.15, 0.2) is 24.5 Å². The Balaban J connectivity index is 1.41. The molecule has 0 bridgehead atoms. The van der Waals surface area contributed by atoms with Crippen LogP contribution in [0.5, 0.6) is 0 Å². The van der Waals surface area contributed by atoms with Crippen LogP contribution in [-0.2, 0) is 25.5 Å². The molecule has 1 aromatic rings. The minimum Gasteiger partial charge on any atom is -0.464 e. The number of piperidine rings is 1. The van der Waals surface area contributed by atoms with Crippen molar-refractivity contribution in [2.75, 3.05) is 13.2 Å². The van der Waals surface area contributed by atoms with E-state index in [4.69, 9.17) is 4.74 Å². The van der Waals surface area contributed by atoms with Gasteiger partial charge in [0.15, 0.2) is 0 Å². The fraction of sp³-hybridized carbons (Fsp3) is 0.667. The first-order valence-corrected chi connectivity index (χ1v) is 11.6. The van der Waals surface area contributed by atoms with Crippen LogP contribution in [0.25, 0.3) is 0 Å². The second-order valence-corrected chi connectivity index (χ2v) is 8.55. The summed E-state index contributed by atoms with van der Waals surface area (Å²) in [7, 11) is 0. The maximum Gasteiger partial charge on any atom is 0.328 e. The van der Waals surface area contributed by atoms with E-state index in [0.717, 1.165) is 70.6 Å². The minimum atomic E-state index is -0.603. The number of hydrogen-bond donors (Lipinski definition) is 0. The first kappa shape index (κ1) is 22.4. The number of unbranched alkanes of at least 4 members (excludes halogenated alkanes) is 2. The predicted molar refractivity (Wildman–Crippen MR) is 114 cm³/mol. The Morgan fingerprint density at radius 3 is 2.57 bits per heavy atom. The lowest BCUT2D eigenvalue weighted by Gasteiger charge is -2.34. The number of hydrogen-bond acceptors (Lipinski definition) is 5. The van der Waals surface area contributed by atoms with E-state index in [0.29, 0.717) is 19.6 Å². The van der Waals surface area contributed by atoms with Crippen LogP contribution in [0.3, 0.4) is 0 Å². The van der Waals surface area contributed by atoms with Gasteiger partial charge in [0.1, 0.15) is 6.04 Å². The standard InChI is InChI=1S/C24H34N2O4/c27-22(20-12-4-1-5-13-20)23(28)26-16-7-6-14-21(26)24(29)30-17-8-2-3-10-19-11-9-15-25-18-19/h9,11,15,18,20-21H,1-8,10,12-14,16-17H2/t21-/m0/s1. The Morgan fingerprint density at radius 1 is 1.00 bits per heavy atom. The van der Waals surface area contributed by atoms with Crippen LogP contribution in [0.1, 0.15) is 76.2 Å². The molecule has 164 valence electrons. The largest absolute Gasteiger partial charge is 0.464 e. The first-order chi connectivity index (χ1) is 14.7. The summed E-state index contributed by atoms with van der Waals surface area (Å²) in [6.07, 6.45) is 14.5. The highest BCUT2D eigenvalue weighted by atomic mass is 16.5. The van der Waals surface area contributed by atoms with Gasteiger partial charge in [0, 0.05) is 24.9 Å². The van der Waals surface area contributed by atoms with Crippen LogP contribution in [-0.4, -0.2) is 46.7 Å². The lowest BCUT2D eigenvalue weighted by molar-refractivity contribution is -0.160. The van der Waals surface area contributed by atoms with Crippen molar-refractivity contribution in [3.05, 3.63) is 30.1 Å². The van der Waals surface area contributed by atoms with Crippen molar-refractivity contribution >= 4 is 17.7 Å². The number of aryl methyl sites for hydroxylation is 1. The first-order valence-electron chi connectivity index (χ1n) is 11.6. The molecule has 1 saturated carbocycles. The molecule has 0 unspecified atom stereocenters. The lowest BCUT2D eigenvalue weighted by Crippen LogP contribution is -2.52. The molecule has 1 aliphatic heterocycles. The molecule has 1 amide bonds. The Kier molecular flexibility index (Phi) is 8.84. The van der Waals surface area contributed by atoms with Crippen molar-refractivity contribution in [2.24, 2.45) is 5.92 Å². The second-order valence-electron chi connectivity index (χ2n) is 8.55. The van der Waals surface area contributed by atoms with Gasteiger partial charge in [-0.2, -0.15) is 0 Å². The number of pyridine rings is 1. The Morgan fingerprint density at radius 2 is 1.80 bits per heavy atom. The van der Waals surface area contributed by atoms with Crippen LogP contribution >= 0.6 is 0 Å². The molecular formula is C24H34N2O4. The summed E-state index contributed by atoms with van der Waals surface area (Å²) in [5.74, 6) is -1.29. The van der Waals surface area contributed by atoms with Crippen molar-refractivity contribution < 1.29 is 19.1 Å². The third-order valence-electron chi connectivity index (χ3n) is 6.30. The number of likely N-dealkylation sites (tertiary alicyclic amines) is 1. The normalized spacial score (nSPS) is 20.0. The molecule has 1 atom stereocenters. The van der Waals surface area contributed by atoms with Crippen molar-refractivity contribution in [2.45, 2.75) is 83.1 Å². The SMILES string of the molecule is O=C(C(=O)N1CCCC[C@H]1C(=O)OCCCCCc1cccnc1)C1CCCCC1. The van der Waals surface area contributed by atoms with E-state index < -0.39 is 11.9 Å². The zero-order chi connectivity index (χ0) is 21.2. The summed E-state index contributed by atoms with van der Waals surface area (Å²) in [6, 6.07) is 3.40. The molecule has 2 fully saturated rings. The Bertz CT molecular complexity index is 700. The fourth-order valence-corrected chi connectivity index (χ4v) is 4.52. The number of Topliss-reactive ketones (excluding diaryl/α,β-unsaturated/α-hetero) is 1. The minimum absolute atomic E-state index is 0.162. The molecule has 0 aromatic carbocycles. The van der Waals surface area contributed by atoms with Gasteiger partial charge in [0.05, 0.1) is 6.61 Å². The average Bonchev–Trinajstić information content (AvgIpc) is 2.81. The van der Waals surface area contributed by atoms with Gasteiger partial charge >= 0.3 is 5.97 Å². The molecule has 1 aromatic heterocycles. The number of rotatable bonds is 9. The third kappa shape index (κ3) is 6.38. The molecule has 6 heteroatoms. The average molecular weight is 415 g/mol. The van der Waals surface area contributed by atoms with E-state index in [9.17, 15) is 14.4 Å². The van der Waals surface area contributed by atoms with Crippen molar-refractivity contribution in [3.8, 4) is 0 Å². The number of ketones is 1. The van der Waals surface area contributed by atoms with Gasteiger partial charge in [0.25, 0.3) is 5.91 Å². The van der Waals surface area contributed by atoms with Gasteiger partial charge in [-0.15, -0.1) is 0 Å². The molecule has 0 N–H and O–H groups in total. The van der Waals surface area contributed by atoms with Crippen molar-refractivity contribution in [3.63, 3.8) is 0 Å². The van der Waals surface area contributed by atoms with Crippen LogP contribution in [0.2, 0.25) is 0 Å². The zero-order valence-corrected chi connectivity index (χ0v) is 17.9. The molecular weight excluding hydrogens is 380 g/mol. The molecule has 1 aliphatic carbocycles. The zero-order valence-electron chi connectivity index (χ0n) is 17.9. The van der Waals surface area contributed by atoms with Crippen LogP contribution < -0.4 is 0 Å². The number of amides is 1. The predicted octanol–water partition coefficient (Wildman–Crippen LogP) is 3.87. The highest BCUT2D eigenvalue weighted by molar-refractivity contribution is 6.37. The van der Waals surface area contributed by atoms with Gasteiger partial charge in [-0.25, -0.2) is 4.79 Å². The molecule has 3 rings (SSSR count). The van der Waals surface area contributed by atoms with E-state index in [1.165, 1.54) is 10.5 Å². The summed E-state index contributed by atoms with van der Waals surface area (Å²) in [5, 5.41) is 0. The number of aromatic nitrogens is 1. The smallest absolute Gasteiger partial charge is 0.328 e. The van der Waals surface area contributed by atoms with Gasteiger partial charge in [-0.3, -0.25) is 14.6 Å². The van der Waals surface area contributed by atoms with Crippen LogP contribution in [0.4, 0.5) is 0 Å².